The Hall–Kier alpha value is -0.771. The van der Waals surface area contributed by atoms with E-state index in [1.807, 2.05) is 0 Å². The molecule has 0 spiro atoms. The molecule has 0 atom stereocenters. The number of hydrogen-bond donors (Lipinski definition) is 1. The molecular formula is C7H8FNO2Se. The molecule has 0 radical (unpaired) electrons. The van der Waals surface area contributed by atoms with Crippen molar-refractivity contribution in [1.82, 2.24) is 0 Å². The average molecular weight is 236 g/mol. The molecule has 0 aliphatic carbocycles. The van der Waals surface area contributed by atoms with Crippen molar-refractivity contribution in [1.29, 1.82) is 0 Å². The van der Waals surface area contributed by atoms with Crippen LogP contribution in [0.1, 0.15) is 5.56 Å². The molecule has 0 fully saturated rings. The minimum atomic E-state index is -4.33. The summed E-state index contributed by atoms with van der Waals surface area (Å²) in [5.74, 6) is -0.531. The number of halogens is 1. The van der Waals surface area contributed by atoms with Crippen molar-refractivity contribution >= 4 is 12.9 Å². The van der Waals surface area contributed by atoms with Crippen LogP contribution in [-0.4, -0.2) is 12.9 Å². The van der Waals surface area contributed by atoms with E-state index in [9.17, 15) is 12.1 Å². The second kappa shape index (κ2) is 3.31. The number of hydrogen-bond acceptors (Lipinski definition) is 2. The van der Waals surface area contributed by atoms with E-state index in [4.69, 9.17) is 4.75 Å². The first-order valence-corrected chi connectivity index (χ1v) is 6.83. The van der Waals surface area contributed by atoms with Gasteiger partial charge in [0.15, 0.2) is 0 Å². The van der Waals surface area contributed by atoms with E-state index in [2.05, 4.69) is 0 Å². The predicted octanol–water partition coefficient (Wildman–Crippen LogP) is 0.666. The van der Waals surface area contributed by atoms with Crippen molar-refractivity contribution in [2.24, 2.45) is 4.75 Å². The second-order valence-electron chi connectivity index (χ2n) is 2.40. The van der Waals surface area contributed by atoms with Crippen molar-refractivity contribution in [3.63, 3.8) is 0 Å². The van der Waals surface area contributed by atoms with Gasteiger partial charge in [-0.1, -0.05) is 0 Å². The van der Waals surface area contributed by atoms with Gasteiger partial charge in [-0.25, -0.2) is 0 Å². The van der Waals surface area contributed by atoms with Gasteiger partial charge in [-0.2, -0.15) is 0 Å². The molecule has 0 amide bonds. The van der Waals surface area contributed by atoms with Crippen LogP contribution < -0.4 is 4.75 Å². The Morgan fingerprint density at radius 3 is 2.42 bits per heavy atom. The van der Waals surface area contributed by atoms with Gasteiger partial charge in [0.1, 0.15) is 0 Å². The molecule has 3 nitrogen and oxygen atoms in total. The van der Waals surface area contributed by atoms with Crippen LogP contribution >= 0.6 is 0 Å². The second-order valence-corrected chi connectivity index (χ2v) is 5.79. The van der Waals surface area contributed by atoms with Crippen LogP contribution in [0.4, 0.5) is 4.39 Å². The SMILES string of the molecule is N[Se](=O)(=O)Cc1ccccc1F. The minimum absolute atomic E-state index is 0.130. The topological polar surface area (TPSA) is 60.2 Å². The first kappa shape index (κ1) is 9.32. The fourth-order valence-corrected chi connectivity index (χ4v) is 2.23. The molecule has 0 heterocycles. The predicted molar refractivity (Wildman–Crippen MR) is 41.4 cm³/mol. The van der Waals surface area contributed by atoms with Crippen molar-refractivity contribution in [3.8, 4) is 0 Å². The summed E-state index contributed by atoms with van der Waals surface area (Å²) < 4.78 is 38.9. The first-order valence-electron chi connectivity index (χ1n) is 3.23. The van der Waals surface area contributed by atoms with Gasteiger partial charge in [0.25, 0.3) is 0 Å². The van der Waals surface area contributed by atoms with E-state index in [0.29, 0.717) is 0 Å². The van der Waals surface area contributed by atoms with Gasteiger partial charge in [0, 0.05) is 0 Å². The molecule has 1 rings (SSSR count). The quantitative estimate of drug-likeness (QED) is 0.767. The normalized spacial score (nSPS) is 11.5. The molecule has 66 valence electrons. The van der Waals surface area contributed by atoms with Crippen LogP contribution in [0.2, 0.25) is 0 Å². The summed E-state index contributed by atoms with van der Waals surface area (Å²) >= 11 is -4.33. The number of benzene rings is 1. The molecule has 0 bridgehead atoms. The van der Waals surface area contributed by atoms with Crippen molar-refractivity contribution in [3.05, 3.63) is 35.6 Å². The molecule has 5 heteroatoms. The Kier molecular flexibility index (Phi) is 2.57. The maximum atomic E-state index is 12.8. The molecule has 0 saturated carbocycles. The summed E-state index contributed by atoms with van der Waals surface area (Å²) in [5, 5.41) is -0.386. The molecule has 1 aromatic rings. The molecule has 0 unspecified atom stereocenters. The van der Waals surface area contributed by atoms with Gasteiger partial charge < -0.3 is 0 Å². The Balaban J connectivity index is 2.98. The standard InChI is InChI=1S/C7H8FNO2Se/c8-7-4-2-1-3-6(7)5-12(9,10)11/h1-4H,5H2,(H2,9,10,11). The zero-order valence-corrected chi connectivity index (χ0v) is 7.91. The van der Waals surface area contributed by atoms with Crippen molar-refractivity contribution in [2.75, 3.05) is 0 Å². The summed E-state index contributed by atoms with van der Waals surface area (Å²) in [6, 6.07) is 5.68. The average Bonchev–Trinajstić information content (AvgIpc) is 1.91. The Labute approximate surface area is 71.2 Å². The summed E-state index contributed by atoms with van der Waals surface area (Å²) in [6.07, 6.45) is 0. The molecule has 0 saturated heterocycles. The van der Waals surface area contributed by atoms with E-state index in [0.717, 1.165) is 0 Å². The summed E-state index contributed by atoms with van der Waals surface area (Å²) in [7, 11) is 0. The zero-order chi connectivity index (χ0) is 9.19. The van der Waals surface area contributed by atoms with E-state index >= 15 is 0 Å². The summed E-state index contributed by atoms with van der Waals surface area (Å²) in [6.45, 7) is 0. The first-order chi connectivity index (χ1) is 5.49. The Bertz CT molecular complexity index is 375. The molecule has 1 aromatic carbocycles. The van der Waals surface area contributed by atoms with E-state index in [1.165, 1.54) is 18.2 Å². The van der Waals surface area contributed by atoms with Gasteiger partial charge >= 0.3 is 70.7 Å². The fraction of sp³-hybridized carbons (Fsp3) is 0.143. The van der Waals surface area contributed by atoms with Crippen molar-refractivity contribution in [2.45, 2.75) is 5.32 Å². The van der Waals surface area contributed by atoms with Crippen LogP contribution in [0.3, 0.4) is 0 Å². The molecule has 2 N–H and O–H groups in total. The van der Waals surface area contributed by atoms with Gasteiger partial charge in [0.2, 0.25) is 0 Å². The maximum absolute atomic E-state index is 12.8. The molecule has 0 aromatic heterocycles. The van der Waals surface area contributed by atoms with Crippen LogP contribution in [0, 0.1) is 5.82 Å². The number of rotatable bonds is 2. The summed E-state index contributed by atoms with van der Waals surface area (Å²) in [4.78, 5) is 0. The van der Waals surface area contributed by atoms with Gasteiger partial charge in [-0.05, 0) is 0 Å². The molecule has 0 aliphatic heterocycles. The zero-order valence-electron chi connectivity index (χ0n) is 6.20. The van der Waals surface area contributed by atoms with Crippen LogP contribution in [0.15, 0.2) is 24.3 Å². The third-order valence-electron chi connectivity index (χ3n) is 1.31. The van der Waals surface area contributed by atoms with Crippen LogP contribution in [-0.2, 0) is 13.0 Å². The molecule has 12 heavy (non-hydrogen) atoms. The number of nitrogens with two attached hydrogens (primary N) is 1. The van der Waals surface area contributed by atoms with E-state index < -0.39 is 18.7 Å². The van der Waals surface area contributed by atoms with Crippen molar-refractivity contribution < 1.29 is 12.1 Å². The molecular weight excluding hydrogens is 228 g/mol. The van der Waals surface area contributed by atoms with Gasteiger partial charge in [0.05, 0.1) is 0 Å². The van der Waals surface area contributed by atoms with Gasteiger partial charge in [-0.3, -0.25) is 0 Å². The summed E-state index contributed by atoms with van der Waals surface area (Å²) in [5.41, 5.74) is 0.130. The van der Waals surface area contributed by atoms with E-state index in [-0.39, 0.29) is 10.9 Å². The Morgan fingerprint density at radius 2 is 1.92 bits per heavy atom. The third-order valence-corrected chi connectivity index (χ3v) is 2.81. The van der Waals surface area contributed by atoms with E-state index in [1.54, 1.807) is 6.07 Å². The Morgan fingerprint density at radius 1 is 1.33 bits per heavy atom. The van der Waals surface area contributed by atoms with Crippen LogP contribution in [0.25, 0.3) is 0 Å². The monoisotopic (exact) mass is 237 g/mol. The van der Waals surface area contributed by atoms with Crippen LogP contribution in [0.5, 0.6) is 0 Å². The third kappa shape index (κ3) is 2.69. The fourth-order valence-electron chi connectivity index (χ4n) is 0.832. The molecule has 0 aliphatic rings. The van der Waals surface area contributed by atoms with Gasteiger partial charge in [-0.15, -0.1) is 0 Å².